The molecular formula is C24H25ClF5N3O. The largest absolute Gasteiger partial charge is 0.416 e. The Morgan fingerprint density at radius 3 is 2.38 bits per heavy atom. The molecule has 0 aliphatic heterocycles. The number of nitrogens with one attached hydrogen (secondary N) is 3. The van der Waals surface area contributed by atoms with Crippen LogP contribution in [0.3, 0.4) is 0 Å². The smallest absolute Gasteiger partial charge is 0.390 e. The Kier molecular flexibility index (Phi) is 9.09. The Morgan fingerprint density at radius 1 is 1.09 bits per heavy atom. The van der Waals surface area contributed by atoms with E-state index in [0.29, 0.717) is 17.6 Å². The number of allylic oxidation sites excluding steroid dienone is 2. The van der Waals surface area contributed by atoms with Crippen molar-refractivity contribution in [1.29, 1.82) is 0 Å². The van der Waals surface area contributed by atoms with Crippen molar-refractivity contribution in [2.45, 2.75) is 32.5 Å². The van der Waals surface area contributed by atoms with Crippen LogP contribution in [0.15, 0.2) is 65.8 Å². The van der Waals surface area contributed by atoms with Crippen LogP contribution in [0.5, 0.6) is 0 Å². The molecule has 2 atom stereocenters. The Labute approximate surface area is 199 Å². The summed E-state index contributed by atoms with van der Waals surface area (Å²) in [5, 5.41) is 8.27. The third-order valence-corrected chi connectivity index (χ3v) is 5.41. The van der Waals surface area contributed by atoms with Crippen molar-refractivity contribution in [3.63, 3.8) is 0 Å². The fraction of sp³-hybridized carbons (Fsp3) is 0.292. The Balaban J connectivity index is 2.46. The molecule has 0 aliphatic rings. The molecule has 0 fully saturated rings. The molecule has 0 spiro atoms. The van der Waals surface area contributed by atoms with Crippen LogP contribution in [0, 0.1) is 17.6 Å². The second kappa shape index (κ2) is 11.4. The standard InChI is InChI=1S/C24H25ClF5N3O/c1-4-31-14-18(25)9-8-15(2)23(3,16-10-17(24(28,29)30)12-20(27)11-16)33-22(34)32-21-7-5-6-19(26)13-21/h5-15,31H,4H2,1-3H3,(H2,32,33,34)/b9-8-,18-14+/t15?,23-/m1/s1. The topological polar surface area (TPSA) is 53.2 Å². The molecular weight excluding hydrogens is 477 g/mol. The van der Waals surface area contributed by atoms with Gasteiger partial charge in [0.15, 0.2) is 0 Å². The molecule has 0 aliphatic carbocycles. The van der Waals surface area contributed by atoms with Gasteiger partial charge >= 0.3 is 12.2 Å². The third-order valence-electron chi connectivity index (χ3n) is 5.18. The van der Waals surface area contributed by atoms with Gasteiger partial charge in [-0.1, -0.05) is 30.7 Å². The summed E-state index contributed by atoms with van der Waals surface area (Å²) in [6, 6.07) is 6.37. The van der Waals surface area contributed by atoms with Crippen LogP contribution in [0.4, 0.5) is 32.4 Å². The van der Waals surface area contributed by atoms with E-state index >= 15 is 0 Å². The van der Waals surface area contributed by atoms with Crippen LogP contribution < -0.4 is 16.0 Å². The molecule has 2 aromatic carbocycles. The highest BCUT2D eigenvalue weighted by Gasteiger charge is 2.38. The Morgan fingerprint density at radius 2 is 1.76 bits per heavy atom. The van der Waals surface area contributed by atoms with Crippen LogP contribution in [-0.2, 0) is 11.7 Å². The summed E-state index contributed by atoms with van der Waals surface area (Å²) in [6.45, 7) is 5.59. The number of hydrogen-bond acceptors (Lipinski definition) is 2. The number of carbonyl (C=O) groups is 1. The normalized spacial score (nSPS) is 15.0. The summed E-state index contributed by atoms with van der Waals surface area (Å²) in [4.78, 5) is 12.7. The van der Waals surface area contributed by atoms with E-state index < -0.39 is 40.9 Å². The first-order valence-electron chi connectivity index (χ1n) is 10.4. The van der Waals surface area contributed by atoms with Gasteiger partial charge in [-0.3, -0.25) is 0 Å². The van der Waals surface area contributed by atoms with E-state index in [1.807, 2.05) is 6.92 Å². The molecule has 4 nitrogen and oxygen atoms in total. The number of anilines is 1. The predicted molar refractivity (Wildman–Crippen MR) is 123 cm³/mol. The average Bonchev–Trinajstić information content (AvgIpc) is 2.74. The summed E-state index contributed by atoms with van der Waals surface area (Å²) in [5.41, 5.74) is -2.68. The maximum absolute atomic E-state index is 14.2. The zero-order valence-electron chi connectivity index (χ0n) is 18.7. The van der Waals surface area contributed by atoms with Gasteiger partial charge in [0.2, 0.25) is 0 Å². The highest BCUT2D eigenvalue weighted by Crippen LogP contribution is 2.36. The van der Waals surface area contributed by atoms with Gasteiger partial charge < -0.3 is 16.0 Å². The van der Waals surface area contributed by atoms with Crippen molar-refractivity contribution in [2.75, 3.05) is 11.9 Å². The molecule has 0 bridgehead atoms. The van der Waals surface area contributed by atoms with Gasteiger partial charge in [0.05, 0.1) is 16.1 Å². The SMILES string of the molecule is CCN/C=C(Cl)\C=C/C(C)[C@@](C)(NC(=O)Nc1cccc(F)c1)c1cc(F)cc(C(F)(F)F)c1. The molecule has 0 heterocycles. The van der Waals surface area contributed by atoms with Gasteiger partial charge in [0, 0.05) is 24.4 Å². The molecule has 3 N–H and O–H groups in total. The number of alkyl halides is 3. The molecule has 34 heavy (non-hydrogen) atoms. The van der Waals surface area contributed by atoms with Gasteiger partial charge in [0.25, 0.3) is 0 Å². The number of urea groups is 1. The van der Waals surface area contributed by atoms with E-state index in [2.05, 4.69) is 16.0 Å². The minimum Gasteiger partial charge on any atom is -0.390 e. The molecule has 0 saturated carbocycles. The van der Waals surface area contributed by atoms with Crippen LogP contribution >= 0.6 is 11.6 Å². The first-order valence-corrected chi connectivity index (χ1v) is 10.7. The monoisotopic (exact) mass is 501 g/mol. The summed E-state index contributed by atoms with van der Waals surface area (Å²) in [5.74, 6) is -2.35. The van der Waals surface area contributed by atoms with E-state index in [-0.39, 0.29) is 11.3 Å². The van der Waals surface area contributed by atoms with Crippen LogP contribution in [0.25, 0.3) is 0 Å². The van der Waals surface area contributed by atoms with Gasteiger partial charge in [-0.05, 0) is 61.9 Å². The molecule has 2 aromatic rings. The van der Waals surface area contributed by atoms with Crippen LogP contribution in [-0.4, -0.2) is 12.6 Å². The molecule has 0 saturated heterocycles. The number of benzene rings is 2. The quantitative estimate of drug-likeness (QED) is 0.272. The Hall–Kier alpha value is -3.07. The van der Waals surface area contributed by atoms with Crippen LogP contribution in [0.1, 0.15) is 31.9 Å². The van der Waals surface area contributed by atoms with E-state index in [9.17, 15) is 26.7 Å². The summed E-state index contributed by atoms with van der Waals surface area (Å²) >= 11 is 6.11. The zero-order valence-corrected chi connectivity index (χ0v) is 19.5. The highest BCUT2D eigenvalue weighted by atomic mass is 35.5. The fourth-order valence-corrected chi connectivity index (χ4v) is 3.29. The lowest BCUT2D eigenvalue weighted by molar-refractivity contribution is -0.137. The van der Waals surface area contributed by atoms with Crippen molar-refractivity contribution < 1.29 is 26.7 Å². The second-order valence-corrected chi connectivity index (χ2v) is 8.19. The van der Waals surface area contributed by atoms with E-state index in [0.717, 1.165) is 18.2 Å². The first kappa shape index (κ1) is 27.2. The molecule has 0 aromatic heterocycles. The Bertz CT molecular complexity index is 1070. The maximum Gasteiger partial charge on any atom is 0.416 e. The fourth-order valence-electron chi connectivity index (χ4n) is 3.14. The lowest BCUT2D eigenvalue weighted by atomic mass is 9.79. The second-order valence-electron chi connectivity index (χ2n) is 7.75. The first-order chi connectivity index (χ1) is 15.8. The lowest BCUT2D eigenvalue weighted by Gasteiger charge is -2.36. The van der Waals surface area contributed by atoms with E-state index in [1.54, 1.807) is 13.0 Å². The highest BCUT2D eigenvalue weighted by molar-refractivity contribution is 6.31. The van der Waals surface area contributed by atoms with Crippen molar-refractivity contribution in [3.05, 3.63) is 88.6 Å². The number of carbonyl (C=O) groups excluding carboxylic acids is 1. The van der Waals surface area contributed by atoms with Crippen molar-refractivity contribution in [1.82, 2.24) is 10.6 Å². The number of halogens is 6. The van der Waals surface area contributed by atoms with Gasteiger partial charge in [-0.15, -0.1) is 0 Å². The molecule has 184 valence electrons. The van der Waals surface area contributed by atoms with Gasteiger partial charge in [-0.2, -0.15) is 13.2 Å². The van der Waals surface area contributed by atoms with Gasteiger partial charge in [0.1, 0.15) is 11.6 Å². The van der Waals surface area contributed by atoms with Crippen molar-refractivity contribution >= 4 is 23.3 Å². The van der Waals surface area contributed by atoms with E-state index in [4.69, 9.17) is 11.6 Å². The summed E-state index contributed by atoms with van der Waals surface area (Å²) in [6.07, 6.45) is -0.158. The number of amides is 2. The molecule has 2 amide bonds. The van der Waals surface area contributed by atoms with Gasteiger partial charge in [-0.25, -0.2) is 13.6 Å². The van der Waals surface area contributed by atoms with Crippen molar-refractivity contribution in [3.8, 4) is 0 Å². The minimum atomic E-state index is -4.79. The zero-order chi connectivity index (χ0) is 25.5. The number of rotatable bonds is 8. The minimum absolute atomic E-state index is 0.113. The maximum atomic E-state index is 14.2. The molecule has 0 radical (unpaired) electrons. The molecule has 2 rings (SSSR count). The average molecular weight is 502 g/mol. The lowest BCUT2D eigenvalue weighted by Crippen LogP contribution is -2.49. The van der Waals surface area contributed by atoms with Crippen molar-refractivity contribution in [2.24, 2.45) is 5.92 Å². The molecule has 1 unspecified atom stereocenters. The van der Waals surface area contributed by atoms with Crippen LogP contribution in [0.2, 0.25) is 0 Å². The predicted octanol–water partition coefficient (Wildman–Crippen LogP) is 6.90. The third kappa shape index (κ3) is 7.48. The van der Waals surface area contributed by atoms with E-state index in [1.165, 1.54) is 37.4 Å². The summed E-state index contributed by atoms with van der Waals surface area (Å²) < 4.78 is 67.7. The molecule has 10 heteroatoms. The summed E-state index contributed by atoms with van der Waals surface area (Å²) in [7, 11) is 0. The number of hydrogen-bond donors (Lipinski definition) is 3.